The Balaban J connectivity index is 2.16. The maximum Gasteiger partial charge on any atom is 0.253 e. The number of ether oxygens (including phenoxy) is 2. The first-order valence-corrected chi connectivity index (χ1v) is 5.51. The number of benzene rings is 1. The Morgan fingerprint density at radius 3 is 1.82 bits per heavy atom. The summed E-state index contributed by atoms with van der Waals surface area (Å²) in [5.74, 6) is 0.529. The third kappa shape index (κ3) is 2.32. The summed E-state index contributed by atoms with van der Waals surface area (Å²) >= 11 is 0. The second-order valence-corrected chi connectivity index (χ2v) is 3.88. The molecular weight excluding hydrogens is 216 g/mol. The van der Waals surface area contributed by atoms with Crippen molar-refractivity contribution < 1.29 is 9.47 Å². The maximum atomic E-state index is 8.66. The number of rotatable bonds is 4. The summed E-state index contributed by atoms with van der Waals surface area (Å²) in [6.07, 6.45) is 1.64. The lowest BCUT2D eigenvalue weighted by atomic mass is 10.1. The van der Waals surface area contributed by atoms with Crippen molar-refractivity contribution in [3.8, 4) is 23.6 Å². The summed E-state index contributed by atoms with van der Waals surface area (Å²) in [6, 6.07) is 11.6. The van der Waals surface area contributed by atoms with Crippen molar-refractivity contribution in [2.75, 3.05) is 0 Å². The number of nitriles is 2. The minimum Gasteiger partial charge on any atom is -0.448 e. The number of hydrogen-bond acceptors (Lipinski definition) is 4. The normalized spacial score (nSPS) is 14.9. The predicted octanol–water partition coefficient (Wildman–Crippen LogP) is 2.76. The topological polar surface area (TPSA) is 66.0 Å². The van der Waals surface area contributed by atoms with Gasteiger partial charge in [-0.25, -0.2) is 0 Å². The fourth-order valence-corrected chi connectivity index (χ4v) is 1.86. The first-order valence-electron chi connectivity index (χ1n) is 5.51. The van der Waals surface area contributed by atoms with E-state index in [4.69, 9.17) is 20.0 Å². The molecule has 0 N–H and O–H groups in total. The van der Waals surface area contributed by atoms with Crippen molar-refractivity contribution in [2.24, 2.45) is 0 Å². The van der Waals surface area contributed by atoms with Crippen LogP contribution in [0.25, 0.3) is 0 Å². The van der Waals surface area contributed by atoms with Crippen molar-refractivity contribution >= 4 is 0 Å². The van der Waals surface area contributed by atoms with Gasteiger partial charge in [0.2, 0.25) is 0 Å². The quantitative estimate of drug-likeness (QED) is 0.794. The molecule has 0 amide bonds. The van der Waals surface area contributed by atoms with E-state index in [-0.39, 0.29) is 0 Å². The summed E-state index contributed by atoms with van der Waals surface area (Å²) < 4.78 is 11.5. The Kier molecular flexibility index (Phi) is 3.16. The highest BCUT2D eigenvalue weighted by molar-refractivity contribution is 5.42. The van der Waals surface area contributed by atoms with Crippen LogP contribution in [-0.4, -0.2) is 5.79 Å². The first kappa shape index (κ1) is 11.3. The molecule has 17 heavy (non-hydrogen) atoms. The van der Waals surface area contributed by atoms with Gasteiger partial charge < -0.3 is 9.47 Å². The molecule has 1 aliphatic rings. The van der Waals surface area contributed by atoms with Crippen LogP contribution in [0.3, 0.4) is 0 Å². The van der Waals surface area contributed by atoms with Gasteiger partial charge in [0, 0.05) is 25.7 Å². The molecule has 1 heterocycles. The monoisotopic (exact) mass is 228 g/mol. The van der Waals surface area contributed by atoms with Gasteiger partial charge >= 0.3 is 0 Å². The minimum absolute atomic E-state index is 0.347. The fraction of sp³-hybridized carbons (Fsp3) is 0.385. The molecule has 4 nitrogen and oxygen atoms in total. The Bertz CT molecular complexity index is 440. The van der Waals surface area contributed by atoms with E-state index in [2.05, 4.69) is 12.1 Å². The zero-order chi connectivity index (χ0) is 12.1. The molecule has 4 heteroatoms. The third-order valence-corrected chi connectivity index (χ3v) is 2.68. The third-order valence-electron chi connectivity index (χ3n) is 2.68. The molecule has 2 rings (SSSR count). The summed E-state index contributed by atoms with van der Waals surface area (Å²) in [5.41, 5.74) is 0. The molecule has 0 aliphatic carbocycles. The molecular formula is C13H12N2O2. The van der Waals surface area contributed by atoms with Gasteiger partial charge in [-0.3, -0.25) is 0 Å². The molecule has 0 aromatic heterocycles. The second kappa shape index (κ2) is 4.76. The Morgan fingerprint density at radius 1 is 0.941 bits per heavy atom. The van der Waals surface area contributed by atoms with E-state index in [9.17, 15) is 0 Å². The van der Waals surface area contributed by atoms with Crippen LogP contribution in [0.4, 0.5) is 0 Å². The predicted molar refractivity (Wildman–Crippen MR) is 60.1 cm³/mol. The second-order valence-electron chi connectivity index (χ2n) is 3.88. The largest absolute Gasteiger partial charge is 0.448 e. The van der Waals surface area contributed by atoms with Gasteiger partial charge in [-0.15, -0.1) is 0 Å². The van der Waals surface area contributed by atoms with Crippen LogP contribution in [0.5, 0.6) is 11.5 Å². The van der Waals surface area contributed by atoms with Gasteiger partial charge in [-0.2, -0.15) is 10.5 Å². The van der Waals surface area contributed by atoms with Gasteiger partial charge in [0.25, 0.3) is 5.79 Å². The first-order chi connectivity index (χ1) is 8.29. The van der Waals surface area contributed by atoms with Crippen molar-refractivity contribution in [2.45, 2.75) is 31.5 Å². The maximum absolute atomic E-state index is 8.66. The van der Waals surface area contributed by atoms with E-state index < -0.39 is 5.79 Å². The van der Waals surface area contributed by atoms with Crippen LogP contribution in [0, 0.1) is 22.7 Å². The average Bonchev–Trinajstić information content (AvgIpc) is 2.73. The molecule has 1 aliphatic heterocycles. The molecule has 0 saturated carbocycles. The molecule has 0 fully saturated rings. The number of para-hydroxylation sites is 2. The Morgan fingerprint density at radius 2 is 1.41 bits per heavy atom. The Labute approximate surface area is 100.0 Å². The number of nitrogens with zero attached hydrogens (tertiary/aromatic N) is 2. The van der Waals surface area contributed by atoms with E-state index in [1.807, 2.05) is 24.3 Å². The van der Waals surface area contributed by atoms with E-state index in [0.29, 0.717) is 37.2 Å². The molecule has 0 spiro atoms. The zero-order valence-corrected chi connectivity index (χ0v) is 9.35. The highest BCUT2D eigenvalue weighted by atomic mass is 16.7. The molecule has 0 saturated heterocycles. The smallest absolute Gasteiger partial charge is 0.253 e. The molecule has 0 radical (unpaired) electrons. The summed E-state index contributed by atoms with van der Waals surface area (Å²) in [5, 5.41) is 17.3. The SMILES string of the molecule is N#CCCC1(CCC#N)Oc2ccccc2O1. The number of fused-ring (bicyclic) bond motifs is 1. The summed E-state index contributed by atoms with van der Waals surface area (Å²) in [6.45, 7) is 0. The van der Waals surface area contributed by atoms with E-state index in [1.165, 1.54) is 0 Å². The van der Waals surface area contributed by atoms with E-state index in [1.54, 1.807) is 0 Å². The van der Waals surface area contributed by atoms with Crippen molar-refractivity contribution in [1.82, 2.24) is 0 Å². The number of hydrogen-bond donors (Lipinski definition) is 0. The van der Waals surface area contributed by atoms with Crippen molar-refractivity contribution in [1.29, 1.82) is 10.5 Å². The van der Waals surface area contributed by atoms with E-state index in [0.717, 1.165) is 0 Å². The summed E-state index contributed by atoms with van der Waals surface area (Å²) in [7, 11) is 0. The van der Waals surface area contributed by atoms with Crippen LogP contribution < -0.4 is 9.47 Å². The van der Waals surface area contributed by atoms with Crippen LogP contribution in [0.2, 0.25) is 0 Å². The van der Waals surface area contributed by atoms with E-state index >= 15 is 0 Å². The molecule has 0 bridgehead atoms. The zero-order valence-electron chi connectivity index (χ0n) is 9.35. The molecule has 1 aromatic rings. The van der Waals surface area contributed by atoms with Crippen LogP contribution in [0.1, 0.15) is 25.7 Å². The lowest BCUT2D eigenvalue weighted by molar-refractivity contribution is -0.0896. The van der Waals surface area contributed by atoms with Gasteiger partial charge in [0.1, 0.15) is 0 Å². The van der Waals surface area contributed by atoms with Crippen LogP contribution in [0.15, 0.2) is 24.3 Å². The highest BCUT2D eigenvalue weighted by Crippen LogP contribution is 2.42. The van der Waals surface area contributed by atoms with Gasteiger partial charge in [0.05, 0.1) is 12.1 Å². The van der Waals surface area contributed by atoms with Crippen molar-refractivity contribution in [3.63, 3.8) is 0 Å². The Hall–Kier alpha value is -2.20. The fourth-order valence-electron chi connectivity index (χ4n) is 1.86. The molecule has 0 atom stereocenters. The molecule has 86 valence electrons. The average molecular weight is 228 g/mol. The van der Waals surface area contributed by atoms with Gasteiger partial charge in [-0.05, 0) is 12.1 Å². The highest BCUT2D eigenvalue weighted by Gasteiger charge is 2.40. The van der Waals surface area contributed by atoms with Gasteiger partial charge in [0.15, 0.2) is 11.5 Å². The van der Waals surface area contributed by atoms with Crippen LogP contribution >= 0.6 is 0 Å². The lowest BCUT2D eigenvalue weighted by Crippen LogP contribution is -2.38. The summed E-state index contributed by atoms with van der Waals surface area (Å²) in [4.78, 5) is 0. The molecule has 1 aromatic carbocycles. The van der Waals surface area contributed by atoms with Crippen molar-refractivity contribution in [3.05, 3.63) is 24.3 Å². The van der Waals surface area contributed by atoms with Gasteiger partial charge in [-0.1, -0.05) is 12.1 Å². The lowest BCUT2D eigenvalue weighted by Gasteiger charge is -2.25. The minimum atomic E-state index is -0.838. The standard InChI is InChI=1S/C13H12N2O2/c14-9-3-7-13(8-4-10-15)16-11-5-1-2-6-12(11)17-13/h1-2,5-6H,3-4,7-8H2. The molecule has 0 unspecified atom stereocenters. The van der Waals surface area contributed by atoms with Crippen LogP contribution in [-0.2, 0) is 0 Å².